The molecule has 2 aliphatic rings. The predicted octanol–water partition coefficient (Wildman–Crippen LogP) is 9.06. The zero-order valence-electron chi connectivity index (χ0n) is 22.4. The number of anilines is 1. The van der Waals surface area contributed by atoms with Gasteiger partial charge in [0.05, 0.1) is 23.3 Å². The molecule has 0 fully saturated rings. The van der Waals surface area contributed by atoms with Crippen molar-refractivity contribution in [1.82, 2.24) is 0 Å². The lowest BCUT2D eigenvalue weighted by Gasteiger charge is -2.37. The number of ether oxygens (including phenoxy) is 2. The number of halogens is 2. The number of hydrogen-bond acceptors (Lipinski definition) is 4. The highest BCUT2D eigenvalue weighted by atomic mass is 79.9. The molecule has 1 aliphatic heterocycles. The van der Waals surface area contributed by atoms with Gasteiger partial charge < -0.3 is 14.8 Å². The summed E-state index contributed by atoms with van der Waals surface area (Å²) in [6.07, 6.45) is 7.59. The Balaban J connectivity index is 1.17. The molecule has 1 N–H and O–H groups in total. The maximum absolute atomic E-state index is 13.5. The molecule has 1 heterocycles. The van der Waals surface area contributed by atoms with Crippen LogP contribution in [0.1, 0.15) is 46.2 Å². The zero-order chi connectivity index (χ0) is 27.6. The van der Waals surface area contributed by atoms with E-state index in [1.165, 1.54) is 34.5 Å². The van der Waals surface area contributed by atoms with Crippen LogP contribution in [0.4, 0.5) is 15.8 Å². The van der Waals surface area contributed by atoms with Crippen molar-refractivity contribution in [2.24, 2.45) is 10.9 Å². The van der Waals surface area contributed by atoms with Crippen molar-refractivity contribution in [1.29, 1.82) is 0 Å². The molecule has 6 rings (SSSR count). The first-order valence-electron chi connectivity index (χ1n) is 13.4. The molecule has 0 saturated carbocycles. The normalized spacial score (nSPS) is 19.2. The van der Waals surface area contributed by atoms with Gasteiger partial charge in [0.15, 0.2) is 11.5 Å². The van der Waals surface area contributed by atoms with Crippen molar-refractivity contribution in [2.75, 3.05) is 12.4 Å². The van der Waals surface area contributed by atoms with Crippen LogP contribution in [0.2, 0.25) is 0 Å². The van der Waals surface area contributed by atoms with Gasteiger partial charge in [0, 0.05) is 17.8 Å². The third-order valence-corrected chi connectivity index (χ3v) is 8.25. The smallest absolute Gasteiger partial charge is 0.175 e. The second kappa shape index (κ2) is 11.3. The number of fused-ring (bicyclic) bond motifs is 3. The van der Waals surface area contributed by atoms with Crippen LogP contribution >= 0.6 is 15.9 Å². The fourth-order valence-corrected chi connectivity index (χ4v) is 6.27. The average Bonchev–Trinajstić information content (AvgIpc) is 3.46. The molecule has 202 valence electrons. The molecule has 3 atom stereocenters. The number of aliphatic imine (C=N–C) groups is 1. The van der Waals surface area contributed by atoms with Gasteiger partial charge in [-0.1, -0.05) is 54.1 Å². The highest BCUT2D eigenvalue weighted by molar-refractivity contribution is 9.10. The Hall–Kier alpha value is -3.90. The topological polar surface area (TPSA) is 42.8 Å². The second-order valence-electron chi connectivity index (χ2n) is 10.4. The van der Waals surface area contributed by atoms with Crippen molar-refractivity contribution in [3.8, 4) is 11.5 Å². The lowest BCUT2D eigenvalue weighted by Crippen LogP contribution is -2.29. The van der Waals surface area contributed by atoms with Crippen molar-refractivity contribution in [2.45, 2.75) is 31.9 Å². The van der Waals surface area contributed by atoms with Gasteiger partial charge >= 0.3 is 0 Å². The first-order valence-corrected chi connectivity index (χ1v) is 14.2. The van der Waals surface area contributed by atoms with E-state index in [9.17, 15) is 4.39 Å². The molecule has 1 aliphatic carbocycles. The summed E-state index contributed by atoms with van der Waals surface area (Å²) in [4.78, 5) is 4.71. The molecule has 0 spiro atoms. The monoisotopic (exact) mass is 596 g/mol. The van der Waals surface area contributed by atoms with Gasteiger partial charge in [-0.25, -0.2) is 4.39 Å². The zero-order valence-corrected chi connectivity index (χ0v) is 24.0. The first-order chi connectivity index (χ1) is 19.5. The van der Waals surface area contributed by atoms with Crippen LogP contribution in [0, 0.1) is 18.7 Å². The van der Waals surface area contributed by atoms with Crippen molar-refractivity contribution < 1.29 is 13.9 Å². The first kappa shape index (κ1) is 26.3. The third-order valence-electron chi connectivity index (χ3n) is 7.66. The number of aryl methyl sites for hydroxylation is 1. The maximum atomic E-state index is 13.5. The van der Waals surface area contributed by atoms with E-state index in [-0.39, 0.29) is 18.5 Å². The van der Waals surface area contributed by atoms with Gasteiger partial charge in [-0.15, -0.1) is 0 Å². The number of allylic oxidation sites excluding steroid dienone is 2. The van der Waals surface area contributed by atoms with Crippen molar-refractivity contribution in [3.63, 3.8) is 0 Å². The number of nitrogens with one attached hydrogen (secondary N) is 1. The van der Waals surface area contributed by atoms with E-state index in [4.69, 9.17) is 14.5 Å². The van der Waals surface area contributed by atoms with Crippen LogP contribution in [0.3, 0.4) is 0 Å². The number of nitrogens with zero attached hydrogens (tertiary/aromatic N) is 1. The second-order valence-corrected chi connectivity index (χ2v) is 11.2. The molecular weight excluding hydrogens is 567 g/mol. The fourth-order valence-electron chi connectivity index (χ4n) is 5.70. The molecule has 0 bridgehead atoms. The van der Waals surface area contributed by atoms with Crippen LogP contribution in [0.15, 0.2) is 100 Å². The molecule has 0 amide bonds. The van der Waals surface area contributed by atoms with E-state index in [1.54, 1.807) is 13.2 Å². The summed E-state index contributed by atoms with van der Waals surface area (Å²) in [6, 6.07) is 25.6. The summed E-state index contributed by atoms with van der Waals surface area (Å²) in [5, 5.41) is 3.81. The summed E-state index contributed by atoms with van der Waals surface area (Å²) in [7, 11) is 1.60. The van der Waals surface area contributed by atoms with Gasteiger partial charge in [-0.3, -0.25) is 4.99 Å². The molecule has 0 aromatic heterocycles. The quantitative estimate of drug-likeness (QED) is 0.171. The molecule has 40 heavy (non-hydrogen) atoms. The Labute approximate surface area is 242 Å². The Kier molecular flexibility index (Phi) is 7.44. The Morgan fingerprint density at radius 2 is 1.90 bits per heavy atom. The molecule has 0 saturated heterocycles. The predicted molar refractivity (Wildman–Crippen MR) is 163 cm³/mol. The summed E-state index contributed by atoms with van der Waals surface area (Å²) in [6.45, 7) is 2.39. The lowest BCUT2D eigenvalue weighted by atomic mass is 9.76. The lowest BCUT2D eigenvalue weighted by molar-refractivity contribution is 0.282. The van der Waals surface area contributed by atoms with Crippen LogP contribution in [0.25, 0.3) is 0 Å². The molecule has 4 nitrogen and oxygen atoms in total. The van der Waals surface area contributed by atoms with E-state index in [1.807, 2.05) is 24.4 Å². The number of rotatable bonds is 7. The Bertz CT molecular complexity index is 1600. The van der Waals surface area contributed by atoms with Gasteiger partial charge in [0.2, 0.25) is 0 Å². The van der Waals surface area contributed by atoms with Crippen LogP contribution < -0.4 is 14.8 Å². The largest absolute Gasteiger partial charge is 0.493 e. The van der Waals surface area contributed by atoms with Gasteiger partial charge in [0.1, 0.15) is 12.4 Å². The highest BCUT2D eigenvalue weighted by Gasteiger charge is 2.37. The minimum absolute atomic E-state index is 0.227. The summed E-state index contributed by atoms with van der Waals surface area (Å²) >= 11 is 3.59. The number of hydrogen-bond donors (Lipinski definition) is 1. The van der Waals surface area contributed by atoms with Crippen LogP contribution in [-0.4, -0.2) is 13.3 Å². The number of methoxy groups -OCH3 is 1. The molecule has 0 unspecified atom stereocenters. The molecule has 6 heteroatoms. The molecule has 4 aromatic rings. The summed E-state index contributed by atoms with van der Waals surface area (Å²) in [5.74, 6) is 1.80. The Morgan fingerprint density at radius 3 is 2.70 bits per heavy atom. The van der Waals surface area contributed by atoms with E-state index in [0.717, 1.165) is 27.7 Å². The van der Waals surface area contributed by atoms with Crippen LogP contribution in [0.5, 0.6) is 11.5 Å². The molecule has 0 radical (unpaired) electrons. The Morgan fingerprint density at radius 1 is 1.05 bits per heavy atom. The SMILES string of the molecule is COc1cc(C=Nc2ccc([C@@H]3Nc4ccc(C)cc4[C@H]4C=CC[C@H]43)cc2)cc(Br)c1OCc1cccc(F)c1. The van der Waals surface area contributed by atoms with E-state index < -0.39 is 0 Å². The van der Waals surface area contributed by atoms with E-state index in [0.29, 0.717) is 23.3 Å². The minimum atomic E-state index is -0.290. The van der Waals surface area contributed by atoms with Gasteiger partial charge in [0.25, 0.3) is 0 Å². The third kappa shape index (κ3) is 5.41. The standard InChI is InChI=1S/C34H30BrFN2O2/c1-21-9-14-31-29(15-21)27-7-4-8-28(27)33(38-31)24-10-12-26(13-11-24)37-19-23-17-30(35)34(32(18-23)39-2)40-20-22-5-3-6-25(36)16-22/h3-7,9-19,27-28,33,38H,8,20H2,1-2H3/t27-,28+,33-/m0/s1. The highest BCUT2D eigenvalue weighted by Crippen LogP contribution is 2.50. The number of benzene rings is 4. The maximum Gasteiger partial charge on any atom is 0.175 e. The van der Waals surface area contributed by atoms with Gasteiger partial charge in [-0.2, -0.15) is 0 Å². The van der Waals surface area contributed by atoms with Crippen molar-refractivity contribution >= 4 is 33.5 Å². The fraction of sp³-hybridized carbons (Fsp3) is 0.206. The molecule has 4 aromatic carbocycles. The van der Waals surface area contributed by atoms with Crippen LogP contribution in [-0.2, 0) is 6.61 Å². The van der Waals surface area contributed by atoms with E-state index in [2.05, 4.69) is 82.8 Å². The average molecular weight is 598 g/mol. The van der Waals surface area contributed by atoms with E-state index >= 15 is 0 Å². The summed E-state index contributed by atoms with van der Waals surface area (Å²) < 4.78 is 25.8. The van der Waals surface area contributed by atoms with Crippen molar-refractivity contribution in [3.05, 3.63) is 129 Å². The minimum Gasteiger partial charge on any atom is -0.493 e. The summed E-state index contributed by atoms with van der Waals surface area (Å²) in [5.41, 5.74) is 7.69. The molecular formula is C34H30BrFN2O2. The van der Waals surface area contributed by atoms with Gasteiger partial charge in [-0.05, 0) is 99.9 Å².